The van der Waals surface area contributed by atoms with Crippen LogP contribution < -0.4 is 5.73 Å². The molecule has 7 heteroatoms. The van der Waals surface area contributed by atoms with Gasteiger partial charge in [0.25, 0.3) is 10.1 Å². The van der Waals surface area contributed by atoms with Crippen LogP contribution in [-0.4, -0.2) is 50.2 Å². The van der Waals surface area contributed by atoms with Crippen molar-refractivity contribution in [3.8, 4) is 0 Å². The number of primary amides is 1. The van der Waals surface area contributed by atoms with Crippen LogP contribution in [0.25, 0.3) is 0 Å². The van der Waals surface area contributed by atoms with Crippen molar-refractivity contribution in [3.63, 3.8) is 0 Å². The minimum absolute atomic E-state index is 0.108. The average molecular weight is 280 g/mol. The second-order valence-corrected chi connectivity index (χ2v) is 5.61. The van der Waals surface area contributed by atoms with Crippen molar-refractivity contribution in [1.29, 1.82) is 0 Å². The Hall–Kier alpha value is -0.920. The Morgan fingerprint density at radius 1 is 1.39 bits per heavy atom. The molecule has 0 atom stereocenters. The zero-order chi connectivity index (χ0) is 14.6. The number of unbranched alkanes of at least 4 members (excludes halogenated alkanes) is 1. The fourth-order valence-electron chi connectivity index (χ4n) is 0.859. The molecule has 0 spiro atoms. The number of hydrogen-bond acceptors (Lipinski definition) is 4. The van der Waals surface area contributed by atoms with E-state index in [2.05, 4.69) is 0 Å². The summed E-state index contributed by atoms with van der Waals surface area (Å²) in [5.41, 5.74) is 4.87. The molecule has 3 N–H and O–H groups in total. The molecule has 18 heavy (non-hydrogen) atoms. The van der Waals surface area contributed by atoms with E-state index in [1.54, 1.807) is 6.08 Å². The van der Waals surface area contributed by atoms with Gasteiger partial charge in [-0.05, 0) is 33.0 Å². The molecule has 0 heterocycles. The van der Waals surface area contributed by atoms with Gasteiger partial charge in [0.2, 0.25) is 5.91 Å². The van der Waals surface area contributed by atoms with Gasteiger partial charge < -0.3 is 10.6 Å². The van der Waals surface area contributed by atoms with Crippen molar-refractivity contribution >= 4 is 16.0 Å². The predicted molar refractivity (Wildman–Crippen MR) is 72.8 cm³/mol. The van der Waals surface area contributed by atoms with Gasteiger partial charge in [-0.25, -0.2) is 0 Å². The van der Waals surface area contributed by atoms with Crippen LogP contribution in [0.4, 0.5) is 0 Å². The number of carbonyl (C=O) groups is 1. The third-order valence-electron chi connectivity index (χ3n) is 1.78. The van der Waals surface area contributed by atoms with Crippen molar-refractivity contribution in [3.05, 3.63) is 12.2 Å². The fraction of sp³-hybridized carbons (Fsp3) is 0.727. The molecule has 0 saturated carbocycles. The lowest BCUT2D eigenvalue weighted by molar-refractivity contribution is -0.113. The number of nitrogens with zero attached hydrogens (tertiary/aromatic N) is 1. The van der Waals surface area contributed by atoms with E-state index in [4.69, 9.17) is 10.3 Å². The quantitative estimate of drug-likeness (QED) is 0.527. The van der Waals surface area contributed by atoms with Gasteiger partial charge in [-0.3, -0.25) is 9.35 Å². The lowest BCUT2D eigenvalue weighted by Crippen LogP contribution is -2.12. The van der Waals surface area contributed by atoms with E-state index in [0.717, 1.165) is 19.4 Å². The molecule has 0 saturated heterocycles. The largest absolute Gasteiger partial charge is 0.366 e. The highest BCUT2D eigenvalue weighted by Gasteiger charge is 2.00. The molecule has 0 bridgehead atoms. The zero-order valence-electron chi connectivity index (χ0n) is 11.3. The van der Waals surface area contributed by atoms with Crippen LogP contribution >= 0.6 is 0 Å². The topological polar surface area (TPSA) is 101 Å². The highest BCUT2D eigenvalue weighted by atomic mass is 32.2. The lowest BCUT2D eigenvalue weighted by atomic mass is 10.3. The van der Waals surface area contributed by atoms with Crippen LogP contribution in [0, 0.1) is 0 Å². The van der Waals surface area contributed by atoms with Crippen LogP contribution in [0.1, 0.15) is 26.2 Å². The molecule has 0 aliphatic heterocycles. The molecule has 0 aliphatic rings. The predicted octanol–water partition coefficient (Wildman–Crippen LogP) is 0.654. The number of nitrogens with two attached hydrogens (primary N) is 1. The second-order valence-electron chi connectivity index (χ2n) is 4.04. The van der Waals surface area contributed by atoms with Gasteiger partial charge in [0.1, 0.15) is 0 Å². The Labute approximate surface area is 110 Å². The van der Waals surface area contributed by atoms with E-state index in [0.29, 0.717) is 6.42 Å². The smallest absolute Gasteiger partial charge is 0.264 e. The van der Waals surface area contributed by atoms with Gasteiger partial charge in [-0.15, -0.1) is 0 Å². The first-order valence-electron chi connectivity index (χ1n) is 5.75. The van der Waals surface area contributed by atoms with Crippen LogP contribution in [0.2, 0.25) is 0 Å². The average Bonchev–Trinajstić information content (AvgIpc) is 2.21. The summed E-state index contributed by atoms with van der Waals surface area (Å²) in [7, 11) is 0.282. The number of rotatable bonds is 7. The van der Waals surface area contributed by atoms with Gasteiger partial charge >= 0.3 is 0 Å². The maximum Gasteiger partial charge on any atom is 0.264 e. The molecule has 1 amide bonds. The Kier molecular flexibility index (Phi) is 12.1. The highest BCUT2D eigenvalue weighted by molar-refractivity contribution is 7.85. The highest BCUT2D eigenvalue weighted by Crippen LogP contribution is 1.90. The van der Waals surface area contributed by atoms with Gasteiger partial charge in [0.05, 0.1) is 5.75 Å². The van der Waals surface area contributed by atoms with Crippen LogP contribution in [-0.2, 0) is 14.9 Å². The van der Waals surface area contributed by atoms with Gasteiger partial charge in [0.15, 0.2) is 0 Å². The second kappa shape index (κ2) is 11.2. The Balaban J connectivity index is 0. The summed E-state index contributed by atoms with van der Waals surface area (Å²) < 4.78 is 28.0. The van der Waals surface area contributed by atoms with Gasteiger partial charge in [0, 0.05) is 6.54 Å². The van der Waals surface area contributed by atoms with E-state index < -0.39 is 10.1 Å². The van der Waals surface area contributed by atoms with E-state index in [1.165, 1.54) is 6.08 Å². The number of hydrogen-bond donors (Lipinski definition) is 2. The number of amides is 1. The summed E-state index contributed by atoms with van der Waals surface area (Å²) >= 11 is 0. The molecule has 0 rings (SSSR count). The van der Waals surface area contributed by atoms with Crippen molar-refractivity contribution in [2.75, 3.05) is 26.4 Å². The van der Waals surface area contributed by atoms with E-state index in [9.17, 15) is 13.2 Å². The monoisotopic (exact) mass is 280 g/mol. The Morgan fingerprint density at radius 3 is 2.22 bits per heavy atom. The van der Waals surface area contributed by atoms with Crippen molar-refractivity contribution < 1.29 is 17.8 Å². The minimum atomic E-state index is -3.69. The molecule has 6 nitrogen and oxygen atoms in total. The third-order valence-corrected chi connectivity index (χ3v) is 2.59. The van der Waals surface area contributed by atoms with Gasteiger partial charge in [-0.1, -0.05) is 19.4 Å². The summed E-state index contributed by atoms with van der Waals surface area (Å²) in [4.78, 5) is 12.2. The Morgan fingerprint density at radius 2 is 1.94 bits per heavy atom. The number of carbonyl (C=O) groups excluding carboxylic acids is 1. The van der Waals surface area contributed by atoms with Crippen molar-refractivity contribution in [2.24, 2.45) is 5.73 Å². The molecule has 108 valence electrons. The Bertz CT molecular complexity index is 337. The molecule has 0 aromatic carbocycles. The summed E-state index contributed by atoms with van der Waals surface area (Å²) in [6.45, 7) is 2.81. The standard InChI is InChI=1S/C7H14N2O.C4H10O3S/c1-9(2)6-4-3-5-7(8)10;1-2-3-4-8(5,6)7/h3,5H,4,6H2,1-2H3,(H2,8,10);2-4H2,1H3,(H,5,6,7). The summed E-state index contributed by atoms with van der Waals surface area (Å²) in [6.07, 6.45) is 5.38. The molecule has 0 aromatic heterocycles. The van der Waals surface area contributed by atoms with Crippen LogP contribution in [0.3, 0.4) is 0 Å². The summed E-state index contributed by atoms with van der Waals surface area (Å²) in [5, 5.41) is 0. The SMILES string of the molecule is CCCCS(=O)(=O)O.CN(C)CCC=CC(N)=O. The van der Waals surface area contributed by atoms with Crippen LogP contribution in [0.15, 0.2) is 12.2 Å². The molecule has 0 unspecified atom stereocenters. The first-order chi connectivity index (χ1) is 8.19. The maximum atomic E-state index is 10.2. The molecular weight excluding hydrogens is 256 g/mol. The third kappa shape index (κ3) is 24.4. The van der Waals surface area contributed by atoms with Crippen molar-refractivity contribution in [1.82, 2.24) is 4.90 Å². The normalized spacial score (nSPS) is 11.4. The molecule has 0 aliphatic carbocycles. The van der Waals surface area contributed by atoms with E-state index in [1.807, 2.05) is 25.9 Å². The van der Waals surface area contributed by atoms with Crippen molar-refractivity contribution in [2.45, 2.75) is 26.2 Å². The van der Waals surface area contributed by atoms with Crippen LogP contribution in [0.5, 0.6) is 0 Å². The van der Waals surface area contributed by atoms with E-state index in [-0.39, 0.29) is 11.7 Å². The zero-order valence-corrected chi connectivity index (χ0v) is 12.1. The maximum absolute atomic E-state index is 10.2. The lowest BCUT2D eigenvalue weighted by Gasteiger charge is -2.04. The summed E-state index contributed by atoms with van der Waals surface area (Å²) in [6, 6.07) is 0. The van der Waals surface area contributed by atoms with E-state index >= 15 is 0 Å². The molecule has 0 fully saturated rings. The molecule has 0 radical (unpaired) electrons. The molecule has 0 aromatic rings. The first-order valence-corrected chi connectivity index (χ1v) is 7.35. The van der Waals surface area contributed by atoms with Gasteiger partial charge in [-0.2, -0.15) is 8.42 Å². The first kappa shape index (κ1) is 19.4. The summed E-state index contributed by atoms with van der Waals surface area (Å²) in [5.74, 6) is -0.484. The fourth-order valence-corrected chi connectivity index (χ4v) is 1.51. The molecular formula is C11H24N2O4S. The minimum Gasteiger partial charge on any atom is -0.366 e.